The summed E-state index contributed by atoms with van der Waals surface area (Å²) in [5, 5.41) is 3.46. The molecule has 0 aliphatic heterocycles. The van der Waals surface area contributed by atoms with Crippen LogP contribution in [0.25, 0.3) is 10.2 Å². The van der Waals surface area contributed by atoms with Gasteiger partial charge in [0.15, 0.2) is 11.7 Å². The van der Waals surface area contributed by atoms with Crippen LogP contribution < -0.4 is 10.1 Å². The molecule has 28 heavy (non-hydrogen) atoms. The van der Waals surface area contributed by atoms with Gasteiger partial charge in [-0.2, -0.15) is 0 Å². The van der Waals surface area contributed by atoms with Crippen LogP contribution in [0.4, 0.5) is 5.13 Å². The molecule has 3 rings (SSSR count). The van der Waals surface area contributed by atoms with Crippen LogP contribution in [0.3, 0.4) is 0 Å². The molecule has 0 unspecified atom stereocenters. The number of para-hydroxylation sites is 1. The minimum Gasteiger partial charge on any atom is -0.483 e. The average Bonchev–Trinajstić information content (AvgIpc) is 3.00. The van der Waals surface area contributed by atoms with Crippen molar-refractivity contribution in [2.24, 2.45) is 0 Å². The van der Waals surface area contributed by atoms with Crippen LogP contribution in [-0.2, 0) is 15.6 Å². The first kappa shape index (κ1) is 20.3. The molecule has 148 valence electrons. The minimum atomic E-state index is -0.209. The molecule has 0 spiro atoms. The molecule has 1 N–H and O–H groups in total. The van der Waals surface area contributed by atoms with Gasteiger partial charge in [-0.1, -0.05) is 77.1 Å². The number of thiazole rings is 1. The molecule has 2 aromatic carbocycles. The third kappa shape index (κ3) is 4.71. The smallest absolute Gasteiger partial charge is 0.264 e. The second-order valence-corrected chi connectivity index (χ2v) is 10.1. The highest BCUT2D eigenvalue weighted by molar-refractivity contribution is 7.22. The summed E-state index contributed by atoms with van der Waals surface area (Å²) in [4.78, 5) is 16.9. The van der Waals surface area contributed by atoms with Gasteiger partial charge in [-0.05, 0) is 40.2 Å². The number of ether oxygens (including phenoxy) is 1. The van der Waals surface area contributed by atoms with Crippen molar-refractivity contribution >= 4 is 32.6 Å². The second-order valence-electron chi connectivity index (χ2n) is 9.03. The van der Waals surface area contributed by atoms with Crippen molar-refractivity contribution in [2.45, 2.75) is 52.4 Å². The Balaban J connectivity index is 1.69. The Bertz CT molecular complexity index is 994. The highest BCUT2D eigenvalue weighted by atomic mass is 32.1. The van der Waals surface area contributed by atoms with Crippen molar-refractivity contribution in [3.05, 3.63) is 53.6 Å². The van der Waals surface area contributed by atoms with E-state index in [9.17, 15) is 4.79 Å². The standard InChI is InChI=1S/C23H28N2O2S/c1-22(2,3)15-11-12-17-19(13-15)28-21(24-17)25-20(26)14-27-18-10-8-7-9-16(18)23(4,5)6/h7-13H,14H2,1-6H3,(H,24,25,26). The van der Waals surface area contributed by atoms with E-state index in [2.05, 4.69) is 64.0 Å². The van der Waals surface area contributed by atoms with E-state index in [4.69, 9.17) is 4.74 Å². The maximum Gasteiger partial charge on any atom is 0.264 e. The van der Waals surface area contributed by atoms with Crippen LogP contribution in [0.2, 0.25) is 0 Å². The van der Waals surface area contributed by atoms with Gasteiger partial charge in [-0.15, -0.1) is 0 Å². The lowest BCUT2D eigenvalue weighted by Crippen LogP contribution is -2.21. The molecule has 1 amide bonds. The molecule has 0 aliphatic carbocycles. The van der Waals surface area contributed by atoms with E-state index < -0.39 is 0 Å². The van der Waals surface area contributed by atoms with Crippen molar-refractivity contribution in [3.63, 3.8) is 0 Å². The molecule has 0 bridgehead atoms. The topological polar surface area (TPSA) is 51.2 Å². The molecule has 0 radical (unpaired) electrons. The summed E-state index contributed by atoms with van der Waals surface area (Å²) in [6.07, 6.45) is 0. The highest BCUT2D eigenvalue weighted by Crippen LogP contribution is 2.32. The Labute approximate surface area is 171 Å². The summed E-state index contributed by atoms with van der Waals surface area (Å²) < 4.78 is 6.87. The molecule has 4 nitrogen and oxygen atoms in total. The number of hydrogen-bond donors (Lipinski definition) is 1. The lowest BCUT2D eigenvalue weighted by Gasteiger charge is -2.22. The van der Waals surface area contributed by atoms with E-state index in [1.807, 2.05) is 30.3 Å². The van der Waals surface area contributed by atoms with Gasteiger partial charge in [0.05, 0.1) is 10.2 Å². The Morgan fingerprint density at radius 2 is 1.75 bits per heavy atom. The number of nitrogens with one attached hydrogen (secondary N) is 1. The lowest BCUT2D eigenvalue weighted by atomic mass is 9.86. The van der Waals surface area contributed by atoms with Gasteiger partial charge in [0.2, 0.25) is 0 Å². The Hall–Kier alpha value is -2.40. The molecule has 0 aliphatic rings. The minimum absolute atomic E-state index is 0.0454. The second kappa shape index (κ2) is 7.55. The van der Waals surface area contributed by atoms with Crippen LogP contribution >= 0.6 is 11.3 Å². The first-order valence-electron chi connectivity index (χ1n) is 9.47. The van der Waals surface area contributed by atoms with E-state index in [1.54, 1.807) is 0 Å². The average molecular weight is 397 g/mol. The summed E-state index contributed by atoms with van der Waals surface area (Å²) in [5.74, 6) is 0.531. The molecule has 5 heteroatoms. The Morgan fingerprint density at radius 1 is 1.04 bits per heavy atom. The molecule has 0 saturated heterocycles. The van der Waals surface area contributed by atoms with Crippen molar-refractivity contribution in [3.8, 4) is 5.75 Å². The van der Waals surface area contributed by atoms with Crippen LogP contribution in [0.15, 0.2) is 42.5 Å². The maximum absolute atomic E-state index is 12.4. The molecule has 1 heterocycles. The quantitative estimate of drug-likeness (QED) is 0.596. The summed E-state index contributed by atoms with van der Waals surface area (Å²) in [6.45, 7) is 12.9. The SMILES string of the molecule is CC(C)(C)c1ccc2nc(NC(=O)COc3ccccc3C(C)(C)C)sc2c1. The summed E-state index contributed by atoms with van der Waals surface area (Å²) in [7, 11) is 0. The number of benzene rings is 2. The zero-order valence-corrected chi connectivity index (χ0v) is 18.2. The number of fused-ring (bicyclic) bond motifs is 1. The van der Waals surface area contributed by atoms with Gasteiger partial charge in [-0.3, -0.25) is 10.1 Å². The Kier molecular flexibility index (Phi) is 5.48. The lowest BCUT2D eigenvalue weighted by molar-refractivity contribution is -0.118. The van der Waals surface area contributed by atoms with Crippen molar-refractivity contribution in [2.75, 3.05) is 11.9 Å². The predicted molar refractivity (Wildman–Crippen MR) is 118 cm³/mol. The van der Waals surface area contributed by atoms with Crippen molar-refractivity contribution in [1.29, 1.82) is 0 Å². The monoisotopic (exact) mass is 396 g/mol. The van der Waals surface area contributed by atoms with Crippen LogP contribution in [0.1, 0.15) is 52.7 Å². The number of hydrogen-bond acceptors (Lipinski definition) is 4. The molecule has 0 saturated carbocycles. The fourth-order valence-electron chi connectivity index (χ4n) is 2.96. The van der Waals surface area contributed by atoms with Gasteiger partial charge in [-0.25, -0.2) is 4.98 Å². The number of carbonyl (C=O) groups excluding carboxylic acids is 1. The predicted octanol–water partition coefficient (Wildman–Crippen LogP) is 5.91. The maximum atomic E-state index is 12.4. The van der Waals surface area contributed by atoms with Crippen LogP contribution in [0, 0.1) is 0 Å². The summed E-state index contributed by atoms with van der Waals surface area (Å²) in [6, 6.07) is 14.1. The van der Waals surface area contributed by atoms with Gasteiger partial charge in [0.25, 0.3) is 5.91 Å². The molecule has 1 aromatic heterocycles. The first-order chi connectivity index (χ1) is 13.0. The van der Waals surface area contributed by atoms with Gasteiger partial charge in [0.1, 0.15) is 5.75 Å². The number of amides is 1. The van der Waals surface area contributed by atoms with Crippen LogP contribution in [0.5, 0.6) is 5.75 Å². The Morgan fingerprint density at radius 3 is 2.43 bits per heavy atom. The molecule has 0 fully saturated rings. The molecular weight excluding hydrogens is 368 g/mol. The molecule has 0 atom stereocenters. The highest BCUT2D eigenvalue weighted by Gasteiger charge is 2.19. The van der Waals surface area contributed by atoms with E-state index in [-0.39, 0.29) is 23.3 Å². The summed E-state index contributed by atoms with van der Waals surface area (Å²) >= 11 is 1.49. The van der Waals surface area contributed by atoms with Gasteiger partial charge < -0.3 is 4.74 Å². The van der Waals surface area contributed by atoms with E-state index in [1.165, 1.54) is 16.9 Å². The first-order valence-corrected chi connectivity index (χ1v) is 10.3. The van der Waals surface area contributed by atoms with E-state index >= 15 is 0 Å². The largest absolute Gasteiger partial charge is 0.483 e. The molecule has 3 aromatic rings. The summed E-state index contributed by atoms with van der Waals surface area (Å²) in [5.41, 5.74) is 3.26. The zero-order chi connectivity index (χ0) is 20.5. The van der Waals surface area contributed by atoms with E-state index in [0.29, 0.717) is 5.13 Å². The van der Waals surface area contributed by atoms with Gasteiger partial charge >= 0.3 is 0 Å². The normalized spacial score (nSPS) is 12.2. The number of rotatable bonds is 4. The number of nitrogens with zero attached hydrogens (tertiary/aromatic N) is 1. The van der Waals surface area contributed by atoms with Crippen LogP contribution in [-0.4, -0.2) is 17.5 Å². The number of anilines is 1. The van der Waals surface area contributed by atoms with E-state index in [0.717, 1.165) is 21.5 Å². The van der Waals surface area contributed by atoms with Crippen molar-refractivity contribution < 1.29 is 9.53 Å². The van der Waals surface area contributed by atoms with Gasteiger partial charge in [0, 0.05) is 0 Å². The molecular formula is C23H28N2O2S. The third-order valence-corrected chi connectivity index (χ3v) is 5.49. The number of aromatic nitrogens is 1. The fraction of sp³-hybridized carbons (Fsp3) is 0.391. The number of carbonyl (C=O) groups is 1. The zero-order valence-electron chi connectivity index (χ0n) is 17.4. The fourth-order valence-corrected chi connectivity index (χ4v) is 3.88. The van der Waals surface area contributed by atoms with Crippen molar-refractivity contribution in [1.82, 2.24) is 4.98 Å². The third-order valence-electron chi connectivity index (χ3n) is 4.55.